The largest absolute Gasteiger partial charge is 0.351 e. The first-order valence-corrected chi connectivity index (χ1v) is 8.59. The summed E-state index contributed by atoms with van der Waals surface area (Å²) >= 11 is 5.96. The summed E-state index contributed by atoms with van der Waals surface area (Å²) in [4.78, 5) is 14.7. The Hall–Kier alpha value is -1.85. The molecule has 5 nitrogen and oxygen atoms in total. The molecule has 0 spiro atoms. The molecule has 0 atom stereocenters. The van der Waals surface area contributed by atoms with Crippen molar-refractivity contribution in [3.05, 3.63) is 46.2 Å². The van der Waals surface area contributed by atoms with Gasteiger partial charge in [-0.2, -0.15) is 5.10 Å². The predicted molar refractivity (Wildman–Crippen MR) is 98.2 cm³/mol. The van der Waals surface area contributed by atoms with Crippen LogP contribution in [0, 0.1) is 6.92 Å². The Kier molecular flexibility index (Phi) is 6.40. The minimum atomic E-state index is -0.0574. The van der Waals surface area contributed by atoms with Gasteiger partial charge in [0.1, 0.15) is 0 Å². The normalized spacial score (nSPS) is 11.1. The molecule has 2 rings (SSSR count). The maximum absolute atomic E-state index is 12.6. The lowest BCUT2D eigenvalue weighted by molar-refractivity contribution is 0.0949. The average Bonchev–Trinajstić information content (AvgIpc) is 2.84. The summed E-state index contributed by atoms with van der Waals surface area (Å²) in [6.45, 7) is 5.44. The number of halogens is 1. The molecule has 0 aliphatic rings. The number of aromatic nitrogens is 2. The molecule has 1 aromatic carbocycles. The molecule has 0 aliphatic carbocycles. The van der Waals surface area contributed by atoms with Crippen molar-refractivity contribution in [2.75, 3.05) is 27.2 Å². The zero-order chi connectivity index (χ0) is 17.7. The van der Waals surface area contributed by atoms with Crippen molar-refractivity contribution in [3.63, 3.8) is 0 Å². The third-order valence-electron chi connectivity index (χ3n) is 3.82. The van der Waals surface area contributed by atoms with Crippen LogP contribution in [0.25, 0.3) is 5.69 Å². The third-order valence-corrected chi connectivity index (χ3v) is 4.07. The second-order valence-corrected chi connectivity index (χ2v) is 6.54. The van der Waals surface area contributed by atoms with Gasteiger partial charge in [-0.1, -0.05) is 24.9 Å². The van der Waals surface area contributed by atoms with Crippen molar-refractivity contribution in [2.24, 2.45) is 0 Å². The number of likely N-dealkylation sites (N-methyl/N-ethyl adjacent to an activating group) is 1. The molecule has 1 N–H and O–H groups in total. The van der Waals surface area contributed by atoms with Gasteiger partial charge in [0, 0.05) is 18.1 Å². The standard InChI is InChI=1S/C18H25ClN4O/c1-5-6-16-17(18(24)20-11-12-22(3)4)13(2)23(21-16)15-9-7-14(19)8-10-15/h7-10H,5-6,11-12H2,1-4H3,(H,20,24). The minimum absolute atomic E-state index is 0.0574. The van der Waals surface area contributed by atoms with Crippen molar-refractivity contribution in [1.82, 2.24) is 20.0 Å². The van der Waals surface area contributed by atoms with Crippen molar-refractivity contribution >= 4 is 17.5 Å². The first kappa shape index (κ1) is 18.5. The number of hydrogen-bond donors (Lipinski definition) is 1. The van der Waals surface area contributed by atoms with Crippen molar-refractivity contribution in [1.29, 1.82) is 0 Å². The highest BCUT2D eigenvalue weighted by atomic mass is 35.5. The highest BCUT2D eigenvalue weighted by molar-refractivity contribution is 6.30. The summed E-state index contributed by atoms with van der Waals surface area (Å²) in [6.07, 6.45) is 1.72. The molecule has 0 radical (unpaired) electrons. The molecule has 0 aliphatic heterocycles. The number of nitrogens with zero attached hydrogens (tertiary/aromatic N) is 3. The van der Waals surface area contributed by atoms with Gasteiger partial charge in [-0.05, 0) is 51.7 Å². The quantitative estimate of drug-likeness (QED) is 0.836. The van der Waals surface area contributed by atoms with E-state index in [0.29, 0.717) is 17.1 Å². The van der Waals surface area contributed by atoms with Crippen LogP contribution in [0.4, 0.5) is 0 Å². The van der Waals surface area contributed by atoms with Crippen LogP contribution in [-0.2, 0) is 6.42 Å². The molecule has 0 saturated heterocycles. The topological polar surface area (TPSA) is 50.2 Å². The second kappa shape index (κ2) is 8.31. The zero-order valence-electron chi connectivity index (χ0n) is 14.8. The molecule has 6 heteroatoms. The van der Waals surface area contributed by atoms with Crippen LogP contribution in [0.1, 0.15) is 35.1 Å². The Balaban J connectivity index is 2.32. The van der Waals surface area contributed by atoms with Gasteiger partial charge in [0.05, 0.1) is 22.6 Å². The van der Waals surface area contributed by atoms with E-state index in [2.05, 4.69) is 17.3 Å². The van der Waals surface area contributed by atoms with E-state index in [1.807, 2.05) is 54.9 Å². The highest BCUT2D eigenvalue weighted by Crippen LogP contribution is 2.21. The first-order chi connectivity index (χ1) is 11.4. The van der Waals surface area contributed by atoms with E-state index in [4.69, 9.17) is 11.6 Å². The molecular weight excluding hydrogens is 324 g/mol. The maximum atomic E-state index is 12.6. The maximum Gasteiger partial charge on any atom is 0.255 e. The fraction of sp³-hybridized carbons (Fsp3) is 0.444. The summed E-state index contributed by atoms with van der Waals surface area (Å²) in [5.41, 5.74) is 3.28. The summed E-state index contributed by atoms with van der Waals surface area (Å²) < 4.78 is 1.82. The molecule has 130 valence electrons. The number of aryl methyl sites for hydroxylation is 1. The number of carbonyl (C=O) groups is 1. The van der Waals surface area contributed by atoms with Gasteiger partial charge in [-0.15, -0.1) is 0 Å². The monoisotopic (exact) mass is 348 g/mol. The van der Waals surface area contributed by atoms with E-state index in [9.17, 15) is 4.79 Å². The van der Waals surface area contributed by atoms with E-state index < -0.39 is 0 Å². The predicted octanol–water partition coefficient (Wildman–Crippen LogP) is 3.08. The van der Waals surface area contributed by atoms with Crippen LogP contribution in [0.3, 0.4) is 0 Å². The molecule has 1 heterocycles. The summed E-state index contributed by atoms with van der Waals surface area (Å²) in [6, 6.07) is 7.47. The van der Waals surface area contributed by atoms with Crippen LogP contribution in [0.2, 0.25) is 5.02 Å². The Bertz CT molecular complexity index is 692. The van der Waals surface area contributed by atoms with Gasteiger partial charge < -0.3 is 10.2 Å². The summed E-state index contributed by atoms with van der Waals surface area (Å²) in [5, 5.41) is 8.33. The number of benzene rings is 1. The third kappa shape index (κ3) is 4.36. The number of carbonyl (C=O) groups excluding carboxylic acids is 1. The summed E-state index contributed by atoms with van der Waals surface area (Å²) in [5.74, 6) is -0.0574. The Morgan fingerprint density at radius 3 is 2.54 bits per heavy atom. The fourth-order valence-corrected chi connectivity index (χ4v) is 2.71. The first-order valence-electron chi connectivity index (χ1n) is 8.21. The van der Waals surface area contributed by atoms with Gasteiger partial charge in [0.25, 0.3) is 5.91 Å². The molecule has 24 heavy (non-hydrogen) atoms. The van der Waals surface area contributed by atoms with Gasteiger partial charge in [0.2, 0.25) is 0 Å². The van der Waals surface area contributed by atoms with Gasteiger partial charge in [-0.25, -0.2) is 4.68 Å². The second-order valence-electron chi connectivity index (χ2n) is 6.10. The van der Waals surface area contributed by atoms with Crippen LogP contribution in [-0.4, -0.2) is 47.8 Å². The summed E-state index contributed by atoms with van der Waals surface area (Å²) in [7, 11) is 3.97. The Labute approximate surface area is 148 Å². The van der Waals surface area contributed by atoms with Gasteiger partial charge >= 0.3 is 0 Å². The number of rotatable bonds is 7. The molecular formula is C18H25ClN4O. The smallest absolute Gasteiger partial charge is 0.255 e. The zero-order valence-corrected chi connectivity index (χ0v) is 15.5. The molecule has 1 aromatic heterocycles. The van der Waals surface area contributed by atoms with Crippen LogP contribution < -0.4 is 5.32 Å². The van der Waals surface area contributed by atoms with Crippen LogP contribution in [0.5, 0.6) is 0 Å². The molecule has 0 saturated carbocycles. The van der Waals surface area contributed by atoms with Crippen molar-refractivity contribution in [2.45, 2.75) is 26.7 Å². The van der Waals surface area contributed by atoms with Crippen LogP contribution >= 0.6 is 11.6 Å². The average molecular weight is 349 g/mol. The molecule has 1 amide bonds. The van der Waals surface area contributed by atoms with E-state index >= 15 is 0 Å². The van der Waals surface area contributed by atoms with E-state index in [-0.39, 0.29) is 5.91 Å². The lowest BCUT2D eigenvalue weighted by Gasteiger charge is -2.11. The molecule has 0 unspecified atom stereocenters. The van der Waals surface area contributed by atoms with E-state index in [1.54, 1.807) is 0 Å². The van der Waals surface area contributed by atoms with Gasteiger partial charge in [0.15, 0.2) is 0 Å². The number of hydrogen-bond acceptors (Lipinski definition) is 3. The minimum Gasteiger partial charge on any atom is -0.351 e. The molecule has 0 fully saturated rings. The van der Waals surface area contributed by atoms with Crippen molar-refractivity contribution in [3.8, 4) is 5.69 Å². The highest BCUT2D eigenvalue weighted by Gasteiger charge is 2.21. The lowest BCUT2D eigenvalue weighted by atomic mass is 10.1. The fourth-order valence-electron chi connectivity index (χ4n) is 2.58. The Morgan fingerprint density at radius 2 is 1.96 bits per heavy atom. The van der Waals surface area contributed by atoms with E-state index in [1.165, 1.54) is 0 Å². The lowest BCUT2D eigenvalue weighted by Crippen LogP contribution is -2.32. The molecule has 2 aromatic rings. The Morgan fingerprint density at radius 1 is 1.29 bits per heavy atom. The molecule has 0 bridgehead atoms. The SMILES string of the molecule is CCCc1nn(-c2ccc(Cl)cc2)c(C)c1C(=O)NCCN(C)C. The van der Waals surface area contributed by atoms with E-state index in [0.717, 1.165) is 36.5 Å². The van der Waals surface area contributed by atoms with Crippen LogP contribution in [0.15, 0.2) is 24.3 Å². The van der Waals surface area contributed by atoms with Crippen molar-refractivity contribution < 1.29 is 4.79 Å². The number of amides is 1. The van der Waals surface area contributed by atoms with Gasteiger partial charge in [-0.3, -0.25) is 4.79 Å². The number of nitrogens with one attached hydrogen (secondary N) is 1.